The van der Waals surface area contributed by atoms with Gasteiger partial charge in [-0.1, -0.05) is 70.8 Å². The molecule has 1 aromatic heterocycles. The molecule has 0 unspecified atom stereocenters. The number of amides is 1. The number of hydrogen-bond acceptors (Lipinski definition) is 3. The van der Waals surface area contributed by atoms with Crippen molar-refractivity contribution in [3.8, 4) is 0 Å². The minimum absolute atomic E-state index is 0.110. The zero-order valence-corrected chi connectivity index (χ0v) is 14.7. The average molecular weight is 334 g/mol. The third kappa shape index (κ3) is 8.65. The molecule has 5 nitrogen and oxygen atoms in total. The van der Waals surface area contributed by atoms with Gasteiger partial charge in [0.1, 0.15) is 11.4 Å². The molecule has 0 aliphatic heterocycles. The van der Waals surface area contributed by atoms with Gasteiger partial charge in [0.25, 0.3) is 5.91 Å². The predicted octanol–water partition coefficient (Wildman–Crippen LogP) is 4.43. The van der Waals surface area contributed by atoms with E-state index in [2.05, 4.69) is 17.2 Å². The fourth-order valence-electron chi connectivity index (χ4n) is 2.59. The fourth-order valence-corrected chi connectivity index (χ4v) is 2.59. The molecular weight excluding hydrogens is 304 g/mol. The highest BCUT2D eigenvalue weighted by Gasteiger charge is 2.10. The van der Waals surface area contributed by atoms with E-state index in [4.69, 9.17) is 5.11 Å². The summed E-state index contributed by atoms with van der Waals surface area (Å²) in [7, 11) is 0. The highest BCUT2D eigenvalue weighted by molar-refractivity contribution is 5.94. The van der Waals surface area contributed by atoms with E-state index >= 15 is 0 Å². The van der Waals surface area contributed by atoms with Gasteiger partial charge < -0.3 is 10.4 Å². The van der Waals surface area contributed by atoms with Gasteiger partial charge >= 0.3 is 5.97 Å². The third-order valence-corrected chi connectivity index (χ3v) is 4.02. The maximum atomic E-state index is 11.9. The number of pyridine rings is 1. The summed E-state index contributed by atoms with van der Waals surface area (Å²) in [6.07, 6.45) is 12.5. The number of rotatable bonds is 13. The van der Waals surface area contributed by atoms with E-state index in [1.54, 1.807) is 0 Å². The van der Waals surface area contributed by atoms with E-state index in [-0.39, 0.29) is 17.3 Å². The Kier molecular flexibility index (Phi) is 10.5. The van der Waals surface area contributed by atoms with E-state index < -0.39 is 5.97 Å². The second-order valence-corrected chi connectivity index (χ2v) is 6.15. The van der Waals surface area contributed by atoms with Crippen LogP contribution < -0.4 is 5.32 Å². The van der Waals surface area contributed by atoms with Crippen LogP contribution in [0.4, 0.5) is 0 Å². The largest absolute Gasteiger partial charge is 0.477 e. The quantitative estimate of drug-likeness (QED) is 0.523. The van der Waals surface area contributed by atoms with E-state index in [1.165, 1.54) is 69.6 Å². The number of aromatic nitrogens is 1. The normalized spacial score (nSPS) is 10.5. The molecule has 0 saturated heterocycles. The van der Waals surface area contributed by atoms with Gasteiger partial charge in [-0.2, -0.15) is 0 Å². The first-order valence-corrected chi connectivity index (χ1v) is 9.13. The molecule has 24 heavy (non-hydrogen) atoms. The zero-order valence-electron chi connectivity index (χ0n) is 14.7. The first-order valence-electron chi connectivity index (χ1n) is 9.13. The van der Waals surface area contributed by atoms with Crippen LogP contribution in [0, 0.1) is 0 Å². The molecule has 0 spiro atoms. The van der Waals surface area contributed by atoms with Gasteiger partial charge in [-0.3, -0.25) is 4.79 Å². The number of carboxylic acids is 1. The minimum Gasteiger partial charge on any atom is -0.477 e. The minimum atomic E-state index is -1.13. The smallest absolute Gasteiger partial charge is 0.354 e. The first kappa shape index (κ1) is 20.1. The third-order valence-electron chi connectivity index (χ3n) is 4.02. The highest BCUT2D eigenvalue weighted by Crippen LogP contribution is 2.10. The second-order valence-electron chi connectivity index (χ2n) is 6.15. The van der Waals surface area contributed by atoms with Crippen molar-refractivity contribution in [2.45, 2.75) is 71.1 Å². The Balaban J connectivity index is 2.06. The molecule has 1 amide bonds. The molecule has 0 aromatic carbocycles. The molecular formula is C19H30N2O3. The van der Waals surface area contributed by atoms with Gasteiger partial charge in [-0.05, 0) is 18.6 Å². The van der Waals surface area contributed by atoms with Crippen molar-refractivity contribution < 1.29 is 14.7 Å². The van der Waals surface area contributed by atoms with Crippen molar-refractivity contribution in [1.29, 1.82) is 0 Å². The molecule has 0 aliphatic carbocycles. The Morgan fingerprint density at radius 1 is 0.917 bits per heavy atom. The Morgan fingerprint density at radius 2 is 1.46 bits per heavy atom. The summed E-state index contributed by atoms with van der Waals surface area (Å²) >= 11 is 0. The van der Waals surface area contributed by atoms with Crippen molar-refractivity contribution in [1.82, 2.24) is 10.3 Å². The van der Waals surface area contributed by atoms with Crippen LogP contribution in [0.25, 0.3) is 0 Å². The van der Waals surface area contributed by atoms with Gasteiger partial charge in [0.2, 0.25) is 0 Å². The number of nitrogens with one attached hydrogen (secondary N) is 1. The number of carbonyl (C=O) groups excluding carboxylic acids is 1. The van der Waals surface area contributed by atoms with Crippen LogP contribution in [0.3, 0.4) is 0 Å². The van der Waals surface area contributed by atoms with Crippen molar-refractivity contribution in [2.24, 2.45) is 0 Å². The van der Waals surface area contributed by atoms with E-state index in [0.29, 0.717) is 6.54 Å². The molecule has 1 rings (SSSR count). The maximum absolute atomic E-state index is 11.9. The van der Waals surface area contributed by atoms with Crippen molar-refractivity contribution in [2.75, 3.05) is 6.54 Å². The van der Waals surface area contributed by atoms with Gasteiger partial charge in [-0.15, -0.1) is 0 Å². The topological polar surface area (TPSA) is 79.3 Å². The van der Waals surface area contributed by atoms with Crippen LogP contribution in [0.2, 0.25) is 0 Å². The predicted molar refractivity (Wildman–Crippen MR) is 95.4 cm³/mol. The van der Waals surface area contributed by atoms with E-state index in [9.17, 15) is 9.59 Å². The molecule has 2 N–H and O–H groups in total. The second kappa shape index (κ2) is 12.5. The Bertz CT molecular complexity index is 503. The summed E-state index contributed by atoms with van der Waals surface area (Å²) in [5, 5.41) is 11.7. The molecule has 0 atom stereocenters. The summed E-state index contributed by atoms with van der Waals surface area (Å²) in [4.78, 5) is 26.6. The standard InChI is InChI=1S/C19H30N2O3/c1-2-3-4-5-6-7-8-9-10-11-15-20-18(22)16-13-12-14-17(21-16)19(23)24/h12-14H,2-11,15H2,1H3,(H,20,22)(H,23,24). The zero-order chi connectivity index (χ0) is 17.6. The Morgan fingerprint density at radius 3 is 2.04 bits per heavy atom. The lowest BCUT2D eigenvalue weighted by atomic mass is 10.1. The molecule has 0 aliphatic rings. The molecule has 5 heteroatoms. The number of aromatic carboxylic acids is 1. The van der Waals surface area contributed by atoms with E-state index in [0.717, 1.165) is 12.8 Å². The summed E-state index contributed by atoms with van der Waals surface area (Å²) in [6.45, 7) is 2.84. The average Bonchev–Trinajstić information content (AvgIpc) is 2.59. The van der Waals surface area contributed by atoms with Crippen LogP contribution in [-0.4, -0.2) is 28.5 Å². The van der Waals surface area contributed by atoms with Crippen LogP contribution in [0.15, 0.2) is 18.2 Å². The van der Waals surface area contributed by atoms with Crippen LogP contribution in [-0.2, 0) is 0 Å². The molecule has 0 fully saturated rings. The SMILES string of the molecule is CCCCCCCCCCCCNC(=O)c1cccc(C(=O)O)n1. The van der Waals surface area contributed by atoms with Gasteiger partial charge in [0, 0.05) is 6.54 Å². The molecule has 1 aromatic rings. The number of carbonyl (C=O) groups is 2. The summed E-state index contributed by atoms with van der Waals surface area (Å²) in [5.41, 5.74) is 0.0450. The Hall–Kier alpha value is -1.91. The highest BCUT2D eigenvalue weighted by atomic mass is 16.4. The molecule has 134 valence electrons. The molecule has 0 bridgehead atoms. The van der Waals surface area contributed by atoms with Crippen LogP contribution in [0.5, 0.6) is 0 Å². The monoisotopic (exact) mass is 334 g/mol. The fraction of sp³-hybridized carbons (Fsp3) is 0.632. The van der Waals surface area contributed by atoms with Crippen molar-refractivity contribution >= 4 is 11.9 Å². The van der Waals surface area contributed by atoms with Gasteiger partial charge in [-0.25, -0.2) is 9.78 Å². The van der Waals surface area contributed by atoms with E-state index in [1.807, 2.05) is 0 Å². The number of carboxylic acid groups (broad SMARTS) is 1. The van der Waals surface area contributed by atoms with Gasteiger partial charge in [0.15, 0.2) is 0 Å². The summed E-state index contributed by atoms with van der Waals surface area (Å²) in [6, 6.07) is 4.44. The number of unbranched alkanes of at least 4 members (excludes halogenated alkanes) is 9. The molecule has 0 radical (unpaired) electrons. The van der Waals surface area contributed by atoms with Gasteiger partial charge in [0.05, 0.1) is 0 Å². The first-order chi connectivity index (χ1) is 11.6. The lowest BCUT2D eigenvalue weighted by Gasteiger charge is -2.05. The lowest BCUT2D eigenvalue weighted by molar-refractivity contribution is 0.0690. The lowest BCUT2D eigenvalue weighted by Crippen LogP contribution is -2.25. The Labute approximate surface area is 144 Å². The van der Waals surface area contributed by atoms with Crippen LogP contribution in [0.1, 0.15) is 92.1 Å². The summed E-state index contributed by atoms with van der Waals surface area (Å²) < 4.78 is 0. The van der Waals surface area contributed by atoms with Crippen molar-refractivity contribution in [3.63, 3.8) is 0 Å². The summed E-state index contributed by atoms with van der Waals surface area (Å²) in [5.74, 6) is -1.44. The van der Waals surface area contributed by atoms with Crippen LogP contribution >= 0.6 is 0 Å². The number of hydrogen-bond donors (Lipinski definition) is 2. The molecule has 1 heterocycles. The maximum Gasteiger partial charge on any atom is 0.354 e. The number of nitrogens with zero attached hydrogens (tertiary/aromatic N) is 1. The molecule has 0 saturated carbocycles. The van der Waals surface area contributed by atoms with Crippen molar-refractivity contribution in [3.05, 3.63) is 29.6 Å².